The topological polar surface area (TPSA) is 54.3 Å². The van der Waals surface area contributed by atoms with Crippen LogP contribution in [0, 0.1) is 6.92 Å². The Balaban J connectivity index is 1.90. The zero-order valence-electron chi connectivity index (χ0n) is 15.6. The van der Waals surface area contributed by atoms with Gasteiger partial charge in [-0.3, -0.25) is 0 Å². The molecule has 0 aliphatic rings. The fraction of sp³-hybridized carbons (Fsp3) is 0.300. The molecule has 1 heterocycles. The third-order valence-corrected chi connectivity index (χ3v) is 6.10. The second-order valence-corrected chi connectivity index (χ2v) is 8.63. The van der Waals surface area contributed by atoms with Gasteiger partial charge in [-0.2, -0.15) is 0 Å². The fourth-order valence-corrected chi connectivity index (χ4v) is 4.41. The predicted molar refractivity (Wildman–Crippen MR) is 106 cm³/mol. The Labute approximate surface area is 155 Å². The summed E-state index contributed by atoms with van der Waals surface area (Å²) in [4.78, 5) is 2.34. The van der Waals surface area contributed by atoms with Crippen molar-refractivity contribution < 1.29 is 8.42 Å². The Bertz CT molecular complexity index is 1020. The highest BCUT2D eigenvalue weighted by Crippen LogP contribution is 2.28. The number of para-hydroxylation sites is 1. The van der Waals surface area contributed by atoms with Gasteiger partial charge in [0.15, 0.2) is 0 Å². The van der Waals surface area contributed by atoms with Gasteiger partial charge in [0.05, 0.1) is 4.90 Å². The molecule has 3 rings (SSSR count). The van der Waals surface area contributed by atoms with Crippen molar-refractivity contribution >= 4 is 20.9 Å². The average molecular weight is 372 g/mol. The highest BCUT2D eigenvalue weighted by atomic mass is 32.2. The minimum atomic E-state index is -3.55. The Hall–Kier alpha value is -2.15. The second-order valence-electron chi connectivity index (χ2n) is 6.86. The monoisotopic (exact) mass is 371 g/mol. The molecule has 138 valence electrons. The van der Waals surface area contributed by atoms with E-state index < -0.39 is 10.0 Å². The average Bonchev–Trinajstić information content (AvgIpc) is 2.92. The summed E-state index contributed by atoms with van der Waals surface area (Å²) < 4.78 is 30.2. The first-order chi connectivity index (χ1) is 12.3. The molecule has 1 N–H and O–H groups in total. The van der Waals surface area contributed by atoms with Gasteiger partial charge in [-0.1, -0.05) is 30.3 Å². The SMILES string of the molecule is Cc1cccc(S(=O)(=O)NCC(c2cn(C)c3ccccc23)N(C)C)c1. The van der Waals surface area contributed by atoms with Crippen LogP contribution in [0.3, 0.4) is 0 Å². The van der Waals surface area contributed by atoms with Crippen LogP contribution in [0.4, 0.5) is 0 Å². The van der Waals surface area contributed by atoms with Crippen molar-refractivity contribution in [3.05, 3.63) is 65.9 Å². The molecule has 0 aliphatic carbocycles. The molecule has 0 radical (unpaired) electrons. The molecular formula is C20H25N3O2S. The summed E-state index contributed by atoms with van der Waals surface area (Å²) in [7, 11) is 2.39. The van der Waals surface area contributed by atoms with Gasteiger partial charge in [0.1, 0.15) is 0 Å². The first-order valence-corrected chi connectivity index (χ1v) is 10.0. The lowest BCUT2D eigenvalue weighted by Crippen LogP contribution is -2.34. The van der Waals surface area contributed by atoms with Crippen LogP contribution in [-0.4, -0.2) is 38.5 Å². The molecule has 0 aliphatic heterocycles. The molecule has 1 unspecified atom stereocenters. The standard InChI is InChI=1S/C20H25N3O2S/c1-15-8-7-9-16(12-15)26(24,25)21-13-20(22(2)3)18-14-23(4)19-11-6-5-10-17(18)19/h5-12,14,20-21H,13H2,1-4H3. The minimum absolute atomic E-state index is 0.0688. The van der Waals surface area contributed by atoms with Crippen molar-refractivity contribution in [2.24, 2.45) is 7.05 Å². The summed E-state index contributed by atoms with van der Waals surface area (Å²) in [6.07, 6.45) is 2.08. The normalized spacial score (nSPS) is 13.4. The molecule has 1 aromatic heterocycles. The van der Waals surface area contributed by atoms with Crippen LogP contribution in [0.5, 0.6) is 0 Å². The number of aromatic nitrogens is 1. The van der Waals surface area contributed by atoms with Crippen LogP contribution >= 0.6 is 0 Å². The van der Waals surface area contributed by atoms with E-state index in [9.17, 15) is 8.42 Å². The van der Waals surface area contributed by atoms with E-state index in [4.69, 9.17) is 0 Å². The molecule has 5 nitrogen and oxygen atoms in total. The van der Waals surface area contributed by atoms with Crippen molar-refractivity contribution in [1.29, 1.82) is 0 Å². The van der Waals surface area contributed by atoms with E-state index >= 15 is 0 Å². The van der Waals surface area contributed by atoms with Crippen LogP contribution in [0.2, 0.25) is 0 Å². The summed E-state index contributed by atoms with van der Waals surface area (Å²) in [5, 5.41) is 1.14. The maximum atomic E-state index is 12.7. The van der Waals surface area contributed by atoms with Crippen LogP contribution in [0.25, 0.3) is 10.9 Å². The summed E-state index contributed by atoms with van der Waals surface area (Å²) >= 11 is 0. The van der Waals surface area contributed by atoms with Crippen LogP contribution < -0.4 is 4.72 Å². The first kappa shape index (κ1) is 18.6. The van der Waals surface area contributed by atoms with E-state index in [0.29, 0.717) is 11.4 Å². The molecule has 6 heteroatoms. The molecular weight excluding hydrogens is 346 g/mol. The van der Waals surface area contributed by atoms with Gasteiger partial charge in [-0.05, 0) is 50.3 Å². The number of nitrogens with one attached hydrogen (secondary N) is 1. The van der Waals surface area contributed by atoms with Crippen LogP contribution in [0.15, 0.2) is 59.6 Å². The molecule has 26 heavy (non-hydrogen) atoms. The molecule has 3 aromatic rings. The largest absolute Gasteiger partial charge is 0.350 e. The predicted octanol–water partition coefficient (Wildman–Crippen LogP) is 3.07. The number of nitrogens with zero attached hydrogens (tertiary/aromatic N) is 2. The number of hydrogen-bond acceptors (Lipinski definition) is 3. The highest BCUT2D eigenvalue weighted by Gasteiger charge is 2.22. The number of likely N-dealkylation sites (N-methyl/N-ethyl adjacent to an activating group) is 1. The second kappa shape index (κ2) is 7.23. The van der Waals surface area contributed by atoms with Crippen molar-refractivity contribution in [2.75, 3.05) is 20.6 Å². The summed E-state index contributed by atoms with van der Waals surface area (Å²) in [5.41, 5.74) is 3.17. The van der Waals surface area contributed by atoms with Crippen LogP contribution in [-0.2, 0) is 17.1 Å². The maximum absolute atomic E-state index is 12.7. The lowest BCUT2D eigenvalue weighted by Gasteiger charge is -2.24. The third-order valence-electron chi connectivity index (χ3n) is 4.68. The minimum Gasteiger partial charge on any atom is -0.350 e. The molecule has 1 atom stereocenters. The van der Waals surface area contributed by atoms with Crippen molar-refractivity contribution in [2.45, 2.75) is 17.9 Å². The van der Waals surface area contributed by atoms with Crippen molar-refractivity contribution in [1.82, 2.24) is 14.2 Å². The van der Waals surface area contributed by atoms with E-state index in [2.05, 4.69) is 27.6 Å². The van der Waals surface area contributed by atoms with E-state index in [-0.39, 0.29) is 6.04 Å². The van der Waals surface area contributed by atoms with Gasteiger partial charge in [0.25, 0.3) is 0 Å². The third kappa shape index (κ3) is 3.67. The van der Waals surface area contributed by atoms with Gasteiger partial charge in [-0.15, -0.1) is 0 Å². The molecule has 0 saturated carbocycles. The van der Waals surface area contributed by atoms with E-state index in [1.807, 2.05) is 51.2 Å². The van der Waals surface area contributed by atoms with E-state index in [0.717, 1.165) is 22.0 Å². The van der Waals surface area contributed by atoms with E-state index in [1.165, 1.54) is 0 Å². The van der Waals surface area contributed by atoms with Crippen LogP contribution in [0.1, 0.15) is 17.2 Å². The smallest absolute Gasteiger partial charge is 0.240 e. The molecule has 0 saturated heterocycles. The maximum Gasteiger partial charge on any atom is 0.240 e. The Morgan fingerprint density at radius 3 is 2.54 bits per heavy atom. The van der Waals surface area contributed by atoms with Crippen molar-refractivity contribution in [3.8, 4) is 0 Å². The van der Waals surface area contributed by atoms with E-state index in [1.54, 1.807) is 18.2 Å². The molecule has 0 spiro atoms. The summed E-state index contributed by atoms with van der Waals surface area (Å²) in [5.74, 6) is 0. The Morgan fingerprint density at radius 2 is 1.85 bits per heavy atom. The Kier molecular flexibility index (Phi) is 5.18. The van der Waals surface area contributed by atoms with Gasteiger partial charge >= 0.3 is 0 Å². The number of benzene rings is 2. The lowest BCUT2D eigenvalue weighted by atomic mass is 10.1. The number of hydrogen-bond donors (Lipinski definition) is 1. The van der Waals surface area contributed by atoms with Gasteiger partial charge in [0, 0.05) is 36.7 Å². The first-order valence-electron chi connectivity index (χ1n) is 8.56. The fourth-order valence-electron chi connectivity index (χ4n) is 3.26. The molecule has 0 amide bonds. The number of aryl methyl sites for hydroxylation is 2. The highest BCUT2D eigenvalue weighted by molar-refractivity contribution is 7.89. The molecule has 0 fully saturated rings. The number of fused-ring (bicyclic) bond motifs is 1. The number of sulfonamides is 1. The quantitative estimate of drug-likeness (QED) is 0.724. The van der Waals surface area contributed by atoms with Gasteiger partial charge < -0.3 is 9.47 Å². The van der Waals surface area contributed by atoms with Gasteiger partial charge in [0.2, 0.25) is 10.0 Å². The zero-order chi connectivity index (χ0) is 18.9. The summed E-state index contributed by atoms with van der Waals surface area (Å²) in [6.45, 7) is 2.19. The van der Waals surface area contributed by atoms with Gasteiger partial charge in [-0.25, -0.2) is 13.1 Å². The zero-order valence-corrected chi connectivity index (χ0v) is 16.4. The summed E-state index contributed by atoms with van der Waals surface area (Å²) in [6, 6.07) is 15.1. The number of rotatable bonds is 6. The molecule has 0 bridgehead atoms. The lowest BCUT2D eigenvalue weighted by molar-refractivity contribution is 0.301. The Morgan fingerprint density at radius 1 is 1.12 bits per heavy atom. The molecule has 2 aromatic carbocycles. The van der Waals surface area contributed by atoms with Crippen molar-refractivity contribution in [3.63, 3.8) is 0 Å².